The summed E-state index contributed by atoms with van der Waals surface area (Å²) in [5, 5.41) is 9.64. The SMILES string of the molecule is CC/C=C\C/C=C\C/C=C\C/C=C\C/C=C\C/C=C\C/C=C\C/C=C\CCCCCCC(=O)OC(COC(=O)CCCCCCCCCCCC)COC(OCC[N+](C)(C)C)C(=O)O. The summed E-state index contributed by atoms with van der Waals surface area (Å²) in [5.74, 6) is -2.05. The molecule has 0 saturated carbocycles. The highest BCUT2D eigenvalue weighted by atomic mass is 16.7. The summed E-state index contributed by atoms with van der Waals surface area (Å²) in [6, 6.07) is 0. The molecular weight excluding hydrogens is 803 g/mol. The molecule has 0 heterocycles. The van der Waals surface area contributed by atoms with Gasteiger partial charge in [-0.3, -0.25) is 9.59 Å². The summed E-state index contributed by atoms with van der Waals surface area (Å²) in [6.07, 6.45) is 57.6. The highest BCUT2D eigenvalue weighted by molar-refractivity contribution is 5.71. The normalized spacial score (nSPS) is 13.7. The van der Waals surface area contributed by atoms with Gasteiger partial charge in [-0.2, -0.15) is 0 Å². The van der Waals surface area contributed by atoms with Crippen LogP contribution < -0.4 is 0 Å². The van der Waals surface area contributed by atoms with Gasteiger partial charge in [0.25, 0.3) is 6.29 Å². The minimum Gasteiger partial charge on any atom is -0.477 e. The van der Waals surface area contributed by atoms with E-state index in [-0.39, 0.29) is 32.2 Å². The summed E-state index contributed by atoms with van der Waals surface area (Å²) in [6.45, 7) is 4.69. The minimum absolute atomic E-state index is 0.178. The van der Waals surface area contributed by atoms with Gasteiger partial charge in [0, 0.05) is 12.8 Å². The van der Waals surface area contributed by atoms with Crippen LogP contribution in [0.3, 0.4) is 0 Å². The van der Waals surface area contributed by atoms with Crippen molar-refractivity contribution in [1.82, 2.24) is 0 Å². The Morgan fingerprint density at radius 3 is 1.33 bits per heavy atom. The van der Waals surface area contributed by atoms with Crippen molar-refractivity contribution in [2.45, 2.75) is 187 Å². The number of esters is 2. The van der Waals surface area contributed by atoms with Gasteiger partial charge in [-0.15, -0.1) is 0 Å². The molecule has 0 aliphatic heterocycles. The zero-order valence-electron chi connectivity index (χ0n) is 41.2. The van der Waals surface area contributed by atoms with E-state index in [9.17, 15) is 19.5 Å². The van der Waals surface area contributed by atoms with Crippen LogP contribution in [0.1, 0.15) is 174 Å². The van der Waals surface area contributed by atoms with Gasteiger partial charge in [0.2, 0.25) is 0 Å². The first-order chi connectivity index (χ1) is 31.1. The van der Waals surface area contributed by atoms with Gasteiger partial charge >= 0.3 is 17.9 Å². The number of carboxylic acid groups (broad SMARTS) is 1. The molecule has 64 heavy (non-hydrogen) atoms. The Bertz CT molecular complexity index is 1370. The van der Waals surface area contributed by atoms with Gasteiger partial charge in [0.05, 0.1) is 34.4 Å². The number of aliphatic carboxylic acids is 1. The number of carboxylic acids is 1. The van der Waals surface area contributed by atoms with Crippen molar-refractivity contribution < 1.29 is 42.9 Å². The molecule has 0 aromatic rings. The molecule has 0 rings (SSSR count). The maximum Gasteiger partial charge on any atom is 0.361 e. The first-order valence-corrected chi connectivity index (χ1v) is 24.9. The van der Waals surface area contributed by atoms with Crippen LogP contribution in [0.15, 0.2) is 97.2 Å². The van der Waals surface area contributed by atoms with Crippen LogP contribution in [-0.4, -0.2) is 87.4 Å². The molecular formula is C55H92NO8+. The number of ether oxygens (including phenoxy) is 4. The van der Waals surface area contributed by atoms with E-state index in [4.69, 9.17) is 18.9 Å². The summed E-state index contributed by atoms with van der Waals surface area (Å²) in [7, 11) is 5.94. The lowest BCUT2D eigenvalue weighted by molar-refractivity contribution is -0.870. The highest BCUT2D eigenvalue weighted by Crippen LogP contribution is 2.13. The monoisotopic (exact) mass is 895 g/mol. The Kier molecular flexibility index (Phi) is 43.1. The van der Waals surface area contributed by atoms with Crippen molar-refractivity contribution in [3.8, 4) is 0 Å². The predicted octanol–water partition coefficient (Wildman–Crippen LogP) is 13.8. The Balaban J connectivity index is 4.35. The molecule has 2 atom stereocenters. The molecule has 9 heteroatoms. The van der Waals surface area contributed by atoms with Gasteiger partial charge in [-0.05, 0) is 77.0 Å². The Morgan fingerprint density at radius 1 is 0.484 bits per heavy atom. The quantitative estimate of drug-likeness (QED) is 0.0212. The van der Waals surface area contributed by atoms with Gasteiger partial charge in [0.15, 0.2) is 6.10 Å². The van der Waals surface area contributed by atoms with Gasteiger partial charge in [-0.25, -0.2) is 4.79 Å². The molecule has 0 saturated heterocycles. The predicted molar refractivity (Wildman–Crippen MR) is 267 cm³/mol. The lowest BCUT2D eigenvalue weighted by Crippen LogP contribution is -2.40. The number of hydrogen-bond donors (Lipinski definition) is 1. The lowest BCUT2D eigenvalue weighted by atomic mass is 10.1. The fourth-order valence-corrected chi connectivity index (χ4v) is 6.26. The Morgan fingerprint density at radius 2 is 0.891 bits per heavy atom. The van der Waals surface area contributed by atoms with Crippen molar-refractivity contribution in [2.24, 2.45) is 0 Å². The molecule has 0 aromatic heterocycles. The Labute approximate surface area is 391 Å². The molecule has 0 bridgehead atoms. The van der Waals surface area contributed by atoms with Crippen LogP contribution in [0.5, 0.6) is 0 Å². The molecule has 0 spiro atoms. The van der Waals surface area contributed by atoms with Crippen molar-refractivity contribution in [1.29, 1.82) is 0 Å². The smallest absolute Gasteiger partial charge is 0.361 e. The minimum atomic E-state index is -1.52. The molecule has 364 valence electrons. The second-order valence-electron chi connectivity index (χ2n) is 17.4. The fourth-order valence-electron chi connectivity index (χ4n) is 6.26. The number of rotatable bonds is 44. The number of hydrogen-bond acceptors (Lipinski definition) is 7. The number of quaternary nitrogens is 1. The van der Waals surface area contributed by atoms with Crippen molar-refractivity contribution in [3.63, 3.8) is 0 Å². The maximum atomic E-state index is 12.8. The molecule has 1 N–H and O–H groups in total. The largest absolute Gasteiger partial charge is 0.477 e. The van der Waals surface area contributed by atoms with E-state index in [1.807, 2.05) is 21.1 Å². The van der Waals surface area contributed by atoms with E-state index < -0.39 is 24.3 Å². The van der Waals surface area contributed by atoms with Crippen LogP contribution in [0.25, 0.3) is 0 Å². The maximum absolute atomic E-state index is 12.8. The molecule has 0 fully saturated rings. The van der Waals surface area contributed by atoms with Crippen LogP contribution in [0.4, 0.5) is 0 Å². The average Bonchev–Trinajstić information content (AvgIpc) is 3.26. The molecule has 0 aliphatic rings. The summed E-state index contributed by atoms with van der Waals surface area (Å²) in [4.78, 5) is 37.1. The van der Waals surface area contributed by atoms with Crippen LogP contribution in [-0.2, 0) is 33.3 Å². The molecule has 0 aromatic carbocycles. The highest BCUT2D eigenvalue weighted by Gasteiger charge is 2.25. The zero-order chi connectivity index (χ0) is 47.0. The third-order valence-electron chi connectivity index (χ3n) is 10.1. The molecule has 0 aliphatic carbocycles. The van der Waals surface area contributed by atoms with E-state index in [0.717, 1.165) is 96.3 Å². The molecule has 0 amide bonds. The van der Waals surface area contributed by atoms with Crippen molar-refractivity contribution in [2.75, 3.05) is 47.5 Å². The van der Waals surface area contributed by atoms with Crippen LogP contribution >= 0.6 is 0 Å². The number of nitrogens with zero attached hydrogens (tertiary/aromatic N) is 1. The second-order valence-corrected chi connectivity index (χ2v) is 17.4. The fraction of sp³-hybridized carbons (Fsp3) is 0.655. The van der Waals surface area contributed by atoms with E-state index in [0.29, 0.717) is 23.9 Å². The average molecular weight is 895 g/mol. The first-order valence-electron chi connectivity index (χ1n) is 24.9. The van der Waals surface area contributed by atoms with Crippen molar-refractivity contribution in [3.05, 3.63) is 97.2 Å². The van der Waals surface area contributed by atoms with Gasteiger partial charge in [-0.1, -0.05) is 182 Å². The topological polar surface area (TPSA) is 108 Å². The summed E-state index contributed by atoms with van der Waals surface area (Å²) in [5.41, 5.74) is 0. The third-order valence-corrected chi connectivity index (χ3v) is 10.1. The number of likely N-dealkylation sites (N-methyl/N-ethyl adjacent to an activating group) is 1. The van der Waals surface area contributed by atoms with E-state index in [1.54, 1.807) is 0 Å². The van der Waals surface area contributed by atoms with Crippen LogP contribution in [0, 0.1) is 0 Å². The first kappa shape index (κ1) is 60.2. The molecule has 0 radical (unpaired) electrons. The lowest BCUT2D eigenvalue weighted by Gasteiger charge is -2.25. The van der Waals surface area contributed by atoms with Gasteiger partial charge in [0.1, 0.15) is 13.2 Å². The summed E-state index contributed by atoms with van der Waals surface area (Å²) >= 11 is 0. The van der Waals surface area contributed by atoms with E-state index in [2.05, 4.69) is 111 Å². The number of carbonyl (C=O) groups excluding carboxylic acids is 2. The second kappa shape index (κ2) is 45.8. The molecule has 9 nitrogen and oxygen atoms in total. The van der Waals surface area contributed by atoms with Gasteiger partial charge < -0.3 is 28.5 Å². The Hall–Kier alpha value is -3.79. The van der Waals surface area contributed by atoms with Crippen molar-refractivity contribution >= 4 is 17.9 Å². The number of unbranched alkanes of at least 4 members (excludes halogenated alkanes) is 13. The standard InChI is InChI=1S/C55H91NO8/c1-6-8-10-12-14-16-18-19-20-21-22-23-24-25-26-27-28-29-30-31-32-33-34-35-36-38-40-42-44-46-53(58)64-51(50-63-55(54(59)60)61-48-47-56(3,4)5)49-62-52(57)45-43-41-39-37-17-15-13-11-9-7-2/h8,10,14,16,19-20,22-23,25-26,28-29,31-32,34-35,51,55H,6-7,9,11-13,15,17-18,21,24,27,30,33,36-50H2,1-5H3/p+1/b10-8-,16-14-,20-19-,23-22-,26-25-,29-28-,32-31-,35-34-. The molecule has 2 unspecified atom stereocenters. The third kappa shape index (κ3) is 46.2. The van der Waals surface area contributed by atoms with E-state index >= 15 is 0 Å². The summed E-state index contributed by atoms with van der Waals surface area (Å²) < 4.78 is 22.7. The van der Waals surface area contributed by atoms with Crippen LogP contribution in [0.2, 0.25) is 0 Å². The number of carbonyl (C=O) groups is 3. The zero-order valence-corrected chi connectivity index (χ0v) is 41.2. The number of allylic oxidation sites excluding steroid dienone is 16. The van der Waals surface area contributed by atoms with E-state index in [1.165, 1.54) is 44.9 Å².